The monoisotopic (exact) mass is 557 g/mol. The third-order valence-corrected chi connectivity index (χ3v) is 7.09. The van der Waals surface area contributed by atoms with Crippen LogP contribution >= 0.6 is 11.5 Å². The summed E-state index contributed by atoms with van der Waals surface area (Å²) < 4.78 is 34.2. The van der Waals surface area contributed by atoms with Crippen LogP contribution in [0, 0.1) is 5.82 Å². The number of benzene rings is 2. The zero-order valence-electron chi connectivity index (χ0n) is 21.3. The van der Waals surface area contributed by atoms with E-state index in [0.717, 1.165) is 12.8 Å². The molecule has 206 valence electrons. The number of rotatable bonds is 10. The van der Waals surface area contributed by atoms with Crippen molar-refractivity contribution >= 4 is 40.6 Å². The van der Waals surface area contributed by atoms with Crippen molar-refractivity contribution in [2.75, 3.05) is 38.0 Å². The van der Waals surface area contributed by atoms with E-state index in [4.69, 9.17) is 25.7 Å². The highest BCUT2D eigenvalue weighted by molar-refractivity contribution is 7.09. The summed E-state index contributed by atoms with van der Waals surface area (Å²) in [6.45, 7) is 0.823. The van der Waals surface area contributed by atoms with Gasteiger partial charge in [-0.05, 0) is 54.2 Å². The number of nitrogens with zero attached hydrogens (tertiary/aromatic N) is 2. The molecule has 2 aromatic carbocycles. The van der Waals surface area contributed by atoms with Crippen LogP contribution in [-0.2, 0) is 9.53 Å². The Bertz CT molecular complexity index is 1360. The van der Waals surface area contributed by atoms with Crippen LogP contribution in [0.2, 0.25) is 0 Å². The van der Waals surface area contributed by atoms with Gasteiger partial charge in [0.15, 0.2) is 17.2 Å². The molecule has 1 fully saturated rings. The van der Waals surface area contributed by atoms with Gasteiger partial charge in [0.25, 0.3) is 11.8 Å². The Morgan fingerprint density at radius 2 is 1.90 bits per heavy atom. The van der Waals surface area contributed by atoms with Crippen molar-refractivity contribution in [3.63, 3.8) is 0 Å². The zero-order valence-corrected chi connectivity index (χ0v) is 22.1. The topological polar surface area (TPSA) is 159 Å². The average molecular weight is 558 g/mol. The number of carbonyl (C=O) groups excluding carboxylic acids is 3. The number of nitrogen functional groups attached to an aromatic ring is 1. The third-order valence-electron chi connectivity index (χ3n) is 6.24. The molecule has 13 heteroatoms. The number of ether oxygens (including phenoxy) is 3. The molecule has 0 aliphatic carbocycles. The lowest BCUT2D eigenvalue weighted by molar-refractivity contribution is -0.123. The summed E-state index contributed by atoms with van der Waals surface area (Å²) >= 11 is 0.679. The van der Waals surface area contributed by atoms with Crippen molar-refractivity contribution in [3.8, 4) is 11.5 Å². The van der Waals surface area contributed by atoms with Crippen LogP contribution in [0.1, 0.15) is 44.6 Å². The van der Waals surface area contributed by atoms with Crippen LogP contribution in [0.3, 0.4) is 0 Å². The molecule has 0 radical (unpaired) electrons. The quantitative estimate of drug-likeness (QED) is 0.343. The molecular weight excluding hydrogens is 529 g/mol. The van der Waals surface area contributed by atoms with Crippen molar-refractivity contribution in [1.29, 1.82) is 0 Å². The number of amides is 3. The predicted octanol–water partition coefficient (Wildman–Crippen LogP) is 2.66. The molecule has 1 aromatic heterocycles. The number of nitrogens with two attached hydrogens (primary N) is 2. The largest absolute Gasteiger partial charge is 0.493 e. The second kappa shape index (κ2) is 12.1. The lowest BCUT2D eigenvalue weighted by atomic mass is 10.0. The molecule has 2 heterocycles. The van der Waals surface area contributed by atoms with Gasteiger partial charge >= 0.3 is 0 Å². The molecule has 0 saturated carbocycles. The fraction of sp³-hybridized carbons (Fsp3) is 0.308. The number of nitrogens with one attached hydrogen (secondary N) is 1. The van der Waals surface area contributed by atoms with E-state index in [9.17, 15) is 18.8 Å². The molecule has 3 amide bonds. The minimum absolute atomic E-state index is 0.0994. The number of hydrogen-bond acceptors (Lipinski definition) is 9. The molecule has 1 saturated heterocycles. The molecule has 3 aromatic rings. The summed E-state index contributed by atoms with van der Waals surface area (Å²) in [4.78, 5) is 40.8. The Labute approximate surface area is 228 Å². The highest BCUT2D eigenvalue weighted by Crippen LogP contribution is 2.38. The maximum atomic E-state index is 14.1. The van der Waals surface area contributed by atoms with Gasteiger partial charge in [-0.1, -0.05) is 12.1 Å². The van der Waals surface area contributed by atoms with Gasteiger partial charge in [-0.2, -0.15) is 4.37 Å². The van der Waals surface area contributed by atoms with Gasteiger partial charge in [0.1, 0.15) is 16.7 Å². The van der Waals surface area contributed by atoms with Gasteiger partial charge in [-0.15, -0.1) is 0 Å². The lowest BCUT2D eigenvalue weighted by Crippen LogP contribution is -2.45. The van der Waals surface area contributed by atoms with E-state index < -0.39 is 29.6 Å². The maximum absolute atomic E-state index is 14.1. The minimum atomic E-state index is -1.28. The average Bonchev–Trinajstić information content (AvgIpc) is 3.60. The Balaban J connectivity index is 1.85. The fourth-order valence-corrected chi connectivity index (χ4v) is 5.02. The Hall–Kier alpha value is -4.23. The van der Waals surface area contributed by atoms with E-state index in [-0.39, 0.29) is 34.6 Å². The first-order valence-electron chi connectivity index (χ1n) is 12.0. The number of aromatic nitrogens is 1. The standard InChI is InChI=1S/C26H28FN5O6S/c1-36-18-10-9-16(12-19(18)37-2)32(26(35)23-20(28)21(24(29)33)31-39-23)22(14-5-7-15(27)8-6-14)25(34)30-13-17-4-3-11-38-17/h5-10,12,17,22H,3-4,11,13,28H2,1-2H3,(H2,29,33)(H,30,34)/t17-,22-/m1/s1. The van der Waals surface area contributed by atoms with E-state index >= 15 is 0 Å². The van der Waals surface area contributed by atoms with Crippen LogP contribution in [0.5, 0.6) is 11.5 Å². The normalized spacial score (nSPS) is 15.4. The molecule has 11 nitrogen and oxygen atoms in total. The second-order valence-corrected chi connectivity index (χ2v) is 9.46. The van der Waals surface area contributed by atoms with E-state index in [0.29, 0.717) is 35.2 Å². The summed E-state index contributed by atoms with van der Waals surface area (Å²) in [5, 5.41) is 2.86. The highest BCUT2D eigenvalue weighted by atomic mass is 32.1. The Kier molecular flexibility index (Phi) is 8.62. The van der Waals surface area contributed by atoms with Crippen LogP contribution < -0.4 is 31.2 Å². The van der Waals surface area contributed by atoms with E-state index in [2.05, 4.69) is 9.69 Å². The highest BCUT2D eigenvalue weighted by Gasteiger charge is 2.37. The molecule has 0 unspecified atom stereocenters. The molecule has 5 N–H and O–H groups in total. The Morgan fingerprint density at radius 3 is 2.49 bits per heavy atom. The van der Waals surface area contributed by atoms with Crippen molar-refractivity contribution in [2.24, 2.45) is 5.73 Å². The van der Waals surface area contributed by atoms with Crippen molar-refractivity contribution in [1.82, 2.24) is 9.69 Å². The number of primary amides is 1. The molecule has 1 aliphatic heterocycles. The number of methoxy groups -OCH3 is 2. The van der Waals surface area contributed by atoms with Crippen LogP contribution in [0.25, 0.3) is 0 Å². The van der Waals surface area contributed by atoms with Gasteiger partial charge in [0.05, 0.1) is 26.0 Å². The smallest absolute Gasteiger partial charge is 0.273 e. The summed E-state index contributed by atoms with van der Waals surface area (Å²) in [5.41, 5.74) is 11.5. The molecule has 0 spiro atoms. The van der Waals surface area contributed by atoms with Crippen LogP contribution in [0.15, 0.2) is 42.5 Å². The molecule has 1 aliphatic rings. The van der Waals surface area contributed by atoms with E-state index in [1.165, 1.54) is 49.5 Å². The summed E-state index contributed by atoms with van der Waals surface area (Å²) in [6, 6.07) is 8.59. The summed E-state index contributed by atoms with van der Waals surface area (Å²) in [6.07, 6.45) is 1.50. The SMILES string of the molecule is COc1ccc(N(C(=O)c2snc(C(N)=O)c2N)[C@@H](C(=O)NC[C@H]2CCCO2)c2ccc(F)cc2)cc1OC. The first kappa shape index (κ1) is 27.8. The molecule has 0 bridgehead atoms. The zero-order chi connectivity index (χ0) is 28.1. The van der Waals surface area contributed by atoms with E-state index in [1.54, 1.807) is 12.1 Å². The predicted molar refractivity (Wildman–Crippen MR) is 143 cm³/mol. The molecular formula is C26H28FN5O6S. The summed E-state index contributed by atoms with van der Waals surface area (Å²) in [7, 11) is 2.89. The van der Waals surface area contributed by atoms with Crippen LogP contribution in [0.4, 0.5) is 15.8 Å². The lowest BCUT2D eigenvalue weighted by Gasteiger charge is -2.32. The van der Waals surface area contributed by atoms with Crippen molar-refractivity contribution < 1.29 is 33.0 Å². The van der Waals surface area contributed by atoms with Crippen molar-refractivity contribution in [2.45, 2.75) is 25.0 Å². The fourth-order valence-electron chi connectivity index (χ4n) is 4.28. The van der Waals surface area contributed by atoms with Crippen molar-refractivity contribution in [3.05, 3.63) is 64.4 Å². The number of carbonyl (C=O) groups is 3. The summed E-state index contributed by atoms with van der Waals surface area (Å²) in [5.74, 6) is -2.00. The first-order valence-corrected chi connectivity index (χ1v) is 12.8. The number of halogens is 1. The van der Waals surface area contributed by atoms with Gasteiger partial charge in [0, 0.05) is 24.9 Å². The van der Waals surface area contributed by atoms with E-state index in [1.807, 2.05) is 0 Å². The minimum Gasteiger partial charge on any atom is -0.493 e. The third kappa shape index (κ3) is 5.94. The molecule has 4 rings (SSSR count). The molecule has 2 atom stereocenters. The number of anilines is 2. The van der Waals surface area contributed by atoms with Gasteiger partial charge in [0.2, 0.25) is 5.91 Å². The van der Waals surface area contributed by atoms with Gasteiger partial charge in [-0.25, -0.2) is 4.39 Å². The van der Waals surface area contributed by atoms with Gasteiger partial charge < -0.3 is 31.0 Å². The Morgan fingerprint density at radius 1 is 1.18 bits per heavy atom. The van der Waals surface area contributed by atoms with Crippen LogP contribution in [-0.4, -0.2) is 55.6 Å². The molecule has 39 heavy (non-hydrogen) atoms. The second-order valence-electron chi connectivity index (χ2n) is 8.69. The van der Waals surface area contributed by atoms with Gasteiger partial charge in [-0.3, -0.25) is 19.3 Å². The first-order chi connectivity index (χ1) is 18.7. The maximum Gasteiger partial charge on any atom is 0.273 e. The number of hydrogen-bond donors (Lipinski definition) is 3.